The van der Waals surface area contributed by atoms with Crippen LogP contribution in [0.15, 0.2) is 29.1 Å². The molecule has 4 rings (SSSR count). The second-order valence-corrected chi connectivity index (χ2v) is 8.59. The fourth-order valence-corrected chi connectivity index (χ4v) is 4.03. The van der Waals surface area contributed by atoms with E-state index >= 15 is 0 Å². The number of hydrogen-bond donors (Lipinski definition) is 3. The third-order valence-electron chi connectivity index (χ3n) is 5.60. The fourth-order valence-electron chi connectivity index (χ4n) is 3.80. The van der Waals surface area contributed by atoms with Crippen molar-refractivity contribution < 1.29 is 37.6 Å². The van der Waals surface area contributed by atoms with E-state index in [4.69, 9.17) is 35.7 Å². The largest absolute Gasteiger partial charge is 0.496 e. The van der Waals surface area contributed by atoms with Gasteiger partial charge in [-0.15, -0.1) is 0 Å². The Balaban J connectivity index is 1.81. The summed E-state index contributed by atoms with van der Waals surface area (Å²) in [5.41, 5.74) is -0.392. The SMILES string of the molecule is COc1ccc(F)c(F)c1COc1cc(-n2c(=O)[nH]c3c(OC)nc(C)nc32)c(Cl)cc1OCC(=O)NCCO. The van der Waals surface area contributed by atoms with Crippen LogP contribution in [0.2, 0.25) is 5.02 Å². The number of nitrogens with zero attached hydrogens (tertiary/aromatic N) is 3. The van der Waals surface area contributed by atoms with Crippen LogP contribution in [0.1, 0.15) is 11.4 Å². The predicted molar refractivity (Wildman–Crippen MR) is 139 cm³/mol. The number of benzene rings is 2. The molecule has 12 nitrogen and oxygen atoms in total. The Kier molecular flexibility index (Phi) is 8.70. The number of ether oxygens (including phenoxy) is 4. The van der Waals surface area contributed by atoms with E-state index < -0.39 is 36.4 Å². The van der Waals surface area contributed by atoms with Gasteiger partial charge in [0.05, 0.1) is 37.1 Å². The van der Waals surface area contributed by atoms with Crippen molar-refractivity contribution >= 4 is 28.7 Å². The molecule has 0 aliphatic carbocycles. The van der Waals surface area contributed by atoms with Crippen LogP contribution in [0.25, 0.3) is 16.9 Å². The van der Waals surface area contributed by atoms with Gasteiger partial charge >= 0.3 is 5.69 Å². The Bertz CT molecular complexity index is 1630. The molecule has 2 aromatic carbocycles. The van der Waals surface area contributed by atoms with Gasteiger partial charge in [-0.25, -0.2) is 23.1 Å². The first kappa shape index (κ1) is 28.6. The maximum absolute atomic E-state index is 14.6. The van der Waals surface area contributed by atoms with Gasteiger partial charge in [0.2, 0.25) is 5.88 Å². The van der Waals surface area contributed by atoms with Crippen LogP contribution in [0.3, 0.4) is 0 Å². The first-order chi connectivity index (χ1) is 19.2. The van der Waals surface area contributed by atoms with Gasteiger partial charge in [-0.2, -0.15) is 4.98 Å². The number of aromatic nitrogens is 4. The van der Waals surface area contributed by atoms with Crippen molar-refractivity contribution in [3.8, 4) is 28.8 Å². The summed E-state index contributed by atoms with van der Waals surface area (Å²) >= 11 is 6.54. The number of carbonyl (C=O) groups excluding carboxylic acids is 1. The molecule has 2 heterocycles. The topological polar surface area (TPSA) is 150 Å². The zero-order valence-corrected chi connectivity index (χ0v) is 22.3. The highest BCUT2D eigenvalue weighted by molar-refractivity contribution is 6.32. The van der Waals surface area contributed by atoms with Crippen LogP contribution in [0.4, 0.5) is 8.78 Å². The summed E-state index contributed by atoms with van der Waals surface area (Å²) in [5, 5.41) is 11.3. The Morgan fingerprint density at radius 2 is 1.88 bits per heavy atom. The molecule has 0 unspecified atom stereocenters. The molecule has 0 radical (unpaired) electrons. The first-order valence-electron chi connectivity index (χ1n) is 11.7. The fraction of sp³-hybridized carbons (Fsp3) is 0.280. The summed E-state index contributed by atoms with van der Waals surface area (Å²) in [7, 11) is 2.68. The van der Waals surface area contributed by atoms with Gasteiger partial charge in [0, 0.05) is 18.7 Å². The second-order valence-electron chi connectivity index (χ2n) is 8.19. The van der Waals surface area contributed by atoms with E-state index in [0.717, 1.165) is 10.6 Å². The number of aliphatic hydroxyl groups is 1. The number of halogens is 3. The molecule has 1 amide bonds. The molecular weight excluding hydrogens is 556 g/mol. The minimum Gasteiger partial charge on any atom is -0.496 e. The number of fused-ring (bicyclic) bond motifs is 1. The quantitative estimate of drug-likeness (QED) is 0.243. The number of H-pyrrole nitrogens is 1. The highest BCUT2D eigenvalue weighted by atomic mass is 35.5. The van der Waals surface area contributed by atoms with Gasteiger partial charge in [0.1, 0.15) is 23.7 Å². The molecule has 2 aromatic heterocycles. The van der Waals surface area contributed by atoms with Crippen LogP contribution in [-0.2, 0) is 11.4 Å². The molecule has 0 aliphatic heterocycles. The summed E-state index contributed by atoms with van der Waals surface area (Å²) in [6, 6.07) is 4.78. The lowest BCUT2D eigenvalue weighted by Gasteiger charge is -2.17. The van der Waals surface area contributed by atoms with E-state index in [1.807, 2.05) is 0 Å². The number of imidazole rings is 1. The van der Waals surface area contributed by atoms with Gasteiger partial charge in [-0.1, -0.05) is 11.6 Å². The number of amides is 1. The van der Waals surface area contributed by atoms with E-state index in [2.05, 4.69) is 20.3 Å². The number of aromatic amines is 1. The smallest absolute Gasteiger partial charge is 0.332 e. The predicted octanol–water partition coefficient (Wildman–Crippen LogP) is 2.43. The minimum atomic E-state index is -1.17. The zero-order valence-electron chi connectivity index (χ0n) is 21.5. The molecule has 0 aliphatic rings. The molecule has 0 bridgehead atoms. The van der Waals surface area contributed by atoms with E-state index in [9.17, 15) is 18.4 Å². The summed E-state index contributed by atoms with van der Waals surface area (Å²) in [6.45, 7) is 0.353. The second kappa shape index (κ2) is 12.2. The summed E-state index contributed by atoms with van der Waals surface area (Å²) < 4.78 is 51.5. The highest BCUT2D eigenvalue weighted by Gasteiger charge is 2.22. The number of methoxy groups -OCH3 is 2. The van der Waals surface area contributed by atoms with E-state index in [-0.39, 0.29) is 63.7 Å². The Labute approximate surface area is 230 Å². The normalized spacial score (nSPS) is 11.0. The molecule has 4 aromatic rings. The van der Waals surface area contributed by atoms with Crippen molar-refractivity contribution in [2.24, 2.45) is 0 Å². The van der Waals surface area contributed by atoms with Gasteiger partial charge < -0.3 is 29.4 Å². The lowest BCUT2D eigenvalue weighted by atomic mass is 10.2. The third-order valence-corrected chi connectivity index (χ3v) is 5.90. The van der Waals surface area contributed by atoms with Crippen LogP contribution in [0.5, 0.6) is 23.1 Å². The minimum absolute atomic E-state index is 0.00543. The molecule has 0 fully saturated rings. The standard InChI is InChI=1S/C25H24ClF2N5O7/c1-12-30-23-22(24(31-12)38-3)32-25(36)33(23)16-9-19(18(8-14(16)26)40-11-20(35)29-6-7-34)39-10-13-17(37-2)5-4-15(27)21(13)28/h4-5,8-9,34H,6-7,10-11H2,1-3H3,(H,29,35)(H,32,36). The molecular formula is C25H24ClF2N5O7. The van der Waals surface area contributed by atoms with Crippen LogP contribution in [0, 0.1) is 18.6 Å². The van der Waals surface area contributed by atoms with E-state index in [1.165, 1.54) is 32.4 Å². The number of carbonyl (C=O) groups is 1. The van der Waals surface area contributed by atoms with Crippen LogP contribution in [-0.4, -0.2) is 64.5 Å². The molecule has 0 saturated heterocycles. The van der Waals surface area contributed by atoms with Crippen molar-refractivity contribution in [3.05, 3.63) is 62.8 Å². The molecule has 0 spiro atoms. The monoisotopic (exact) mass is 579 g/mol. The Morgan fingerprint density at radius 3 is 2.58 bits per heavy atom. The van der Waals surface area contributed by atoms with Crippen molar-refractivity contribution in [2.75, 3.05) is 34.0 Å². The average Bonchev–Trinajstić information content (AvgIpc) is 3.26. The van der Waals surface area contributed by atoms with Crippen molar-refractivity contribution in [3.63, 3.8) is 0 Å². The molecule has 0 saturated carbocycles. The molecule has 15 heteroatoms. The number of rotatable bonds is 11. The van der Waals surface area contributed by atoms with Gasteiger partial charge in [-0.05, 0) is 19.1 Å². The number of aliphatic hydroxyl groups excluding tert-OH is 1. The molecule has 212 valence electrons. The number of hydrogen-bond acceptors (Lipinski definition) is 9. The maximum Gasteiger partial charge on any atom is 0.332 e. The van der Waals surface area contributed by atoms with Crippen molar-refractivity contribution in [1.29, 1.82) is 0 Å². The van der Waals surface area contributed by atoms with Gasteiger partial charge in [0.15, 0.2) is 35.4 Å². The summed E-state index contributed by atoms with van der Waals surface area (Å²) in [6.07, 6.45) is 0. The molecule has 3 N–H and O–H groups in total. The van der Waals surface area contributed by atoms with Crippen LogP contribution >= 0.6 is 11.6 Å². The Hall–Kier alpha value is -4.43. The highest BCUT2D eigenvalue weighted by Crippen LogP contribution is 2.37. The van der Waals surface area contributed by atoms with Crippen LogP contribution < -0.4 is 30.0 Å². The summed E-state index contributed by atoms with van der Waals surface area (Å²) in [4.78, 5) is 36.2. The first-order valence-corrected chi connectivity index (χ1v) is 12.1. The van der Waals surface area contributed by atoms with Gasteiger partial charge in [0.25, 0.3) is 5.91 Å². The lowest BCUT2D eigenvalue weighted by Crippen LogP contribution is -2.31. The summed E-state index contributed by atoms with van der Waals surface area (Å²) in [5.74, 6) is -2.47. The van der Waals surface area contributed by atoms with Crippen molar-refractivity contribution in [1.82, 2.24) is 24.8 Å². The van der Waals surface area contributed by atoms with E-state index in [0.29, 0.717) is 5.82 Å². The van der Waals surface area contributed by atoms with Gasteiger partial charge in [-0.3, -0.25) is 9.78 Å². The molecule has 0 atom stereocenters. The maximum atomic E-state index is 14.6. The van der Waals surface area contributed by atoms with Crippen molar-refractivity contribution in [2.45, 2.75) is 13.5 Å². The van der Waals surface area contributed by atoms with E-state index in [1.54, 1.807) is 6.92 Å². The molecule has 40 heavy (non-hydrogen) atoms. The lowest BCUT2D eigenvalue weighted by molar-refractivity contribution is -0.123. The Morgan fingerprint density at radius 1 is 1.12 bits per heavy atom. The average molecular weight is 580 g/mol. The third kappa shape index (κ3) is 5.77. The number of nitrogens with one attached hydrogen (secondary N) is 2. The zero-order chi connectivity index (χ0) is 29.0. The number of aryl methyl sites for hydroxylation is 1.